The zero-order valence-corrected chi connectivity index (χ0v) is 5.51. The summed E-state index contributed by atoms with van der Waals surface area (Å²) < 4.78 is 0. The van der Waals surface area contributed by atoms with Crippen LogP contribution in [0.1, 0.15) is 19.3 Å². The summed E-state index contributed by atoms with van der Waals surface area (Å²) in [4.78, 5) is 4.23. The average Bonchev–Trinajstić information content (AvgIpc) is 2.71. The molecule has 2 rings (SSSR count). The van der Waals surface area contributed by atoms with Crippen LogP contribution in [0.25, 0.3) is 0 Å². The van der Waals surface area contributed by atoms with Crippen LogP contribution >= 0.6 is 0 Å². The van der Waals surface area contributed by atoms with E-state index >= 15 is 0 Å². The minimum Gasteiger partial charge on any atom is -0.293 e. The molecule has 1 heteroatoms. The van der Waals surface area contributed by atoms with E-state index in [2.05, 4.69) is 17.3 Å². The van der Waals surface area contributed by atoms with Crippen molar-refractivity contribution >= 4 is 6.21 Å². The summed E-state index contributed by atoms with van der Waals surface area (Å²) in [7, 11) is 0. The maximum Gasteiger partial charge on any atom is 0.0424 e. The van der Waals surface area contributed by atoms with Crippen molar-refractivity contribution < 1.29 is 0 Å². The van der Waals surface area contributed by atoms with Crippen LogP contribution in [-0.4, -0.2) is 12.8 Å². The van der Waals surface area contributed by atoms with E-state index in [-0.39, 0.29) is 0 Å². The maximum absolute atomic E-state index is 4.23. The van der Waals surface area contributed by atoms with Crippen LogP contribution < -0.4 is 0 Å². The van der Waals surface area contributed by atoms with Crippen molar-refractivity contribution in [2.45, 2.75) is 19.3 Å². The molecule has 9 heavy (non-hydrogen) atoms. The summed E-state index contributed by atoms with van der Waals surface area (Å²) >= 11 is 0. The van der Waals surface area contributed by atoms with E-state index < -0.39 is 0 Å². The molecule has 48 valence electrons. The lowest BCUT2D eigenvalue weighted by molar-refractivity contribution is 0.947. The van der Waals surface area contributed by atoms with E-state index in [0.29, 0.717) is 0 Å². The monoisotopic (exact) mass is 121 g/mol. The molecular formula is C8H11N. The number of nitrogens with zero attached hydrogens (tertiary/aromatic N) is 1. The Bertz CT molecular complexity index is 163. The van der Waals surface area contributed by atoms with Gasteiger partial charge in [0.25, 0.3) is 0 Å². The molecular weight excluding hydrogens is 110 g/mol. The Hall–Kier alpha value is -0.590. The third kappa shape index (κ3) is 1.04. The molecule has 0 saturated heterocycles. The van der Waals surface area contributed by atoms with E-state index in [0.717, 1.165) is 12.5 Å². The summed E-state index contributed by atoms with van der Waals surface area (Å²) in [6.07, 6.45) is 8.36. The molecule has 0 aromatic rings. The third-order valence-electron chi connectivity index (χ3n) is 1.93. The quantitative estimate of drug-likeness (QED) is 0.501. The highest BCUT2D eigenvalue weighted by molar-refractivity contribution is 5.80. The van der Waals surface area contributed by atoms with Crippen LogP contribution in [0.4, 0.5) is 0 Å². The molecule has 1 aliphatic carbocycles. The molecule has 1 aliphatic heterocycles. The van der Waals surface area contributed by atoms with E-state index in [9.17, 15) is 0 Å². The summed E-state index contributed by atoms with van der Waals surface area (Å²) in [5.41, 5.74) is 1.50. The summed E-state index contributed by atoms with van der Waals surface area (Å²) in [5, 5.41) is 0. The lowest BCUT2D eigenvalue weighted by Crippen LogP contribution is -1.95. The lowest BCUT2D eigenvalue weighted by atomic mass is 10.1. The Morgan fingerprint density at radius 1 is 1.44 bits per heavy atom. The van der Waals surface area contributed by atoms with Crippen molar-refractivity contribution in [3.63, 3.8) is 0 Å². The van der Waals surface area contributed by atoms with Gasteiger partial charge in [-0.2, -0.15) is 0 Å². The van der Waals surface area contributed by atoms with Crippen molar-refractivity contribution in [1.82, 2.24) is 0 Å². The first-order valence-electron chi connectivity index (χ1n) is 3.67. The molecule has 0 amide bonds. The van der Waals surface area contributed by atoms with Gasteiger partial charge < -0.3 is 0 Å². The number of aliphatic imine (C=N–C) groups is 1. The smallest absolute Gasteiger partial charge is 0.0424 e. The number of dihydropyridines is 1. The predicted octanol–water partition coefficient (Wildman–Crippen LogP) is 1.80. The zero-order valence-electron chi connectivity index (χ0n) is 5.51. The second kappa shape index (κ2) is 1.98. The molecule has 2 aliphatic rings. The van der Waals surface area contributed by atoms with Gasteiger partial charge in [-0.15, -0.1) is 0 Å². The SMILES string of the molecule is C1=NCCC=C1C1CC1. The molecule has 0 radical (unpaired) electrons. The molecule has 0 bridgehead atoms. The molecule has 1 nitrogen and oxygen atoms in total. The van der Waals surface area contributed by atoms with Crippen molar-refractivity contribution in [3.05, 3.63) is 11.6 Å². The van der Waals surface area contributed by atoms with Gasteiger partial charge in [0.05, 0.1) is 0 Å². The van der Waals surface area contributed by atoms with Gasteiger partial charge in [0.15, 0.2) is 0 Å². The Morgan fingerprint density at radius 2 is 2.33 bits per heavy atom. The van der Waals surface area contributed by atoms with Gasteiger partial charge in [-0.3, -0.25) is 4.99 Å². The highest BCUT2D eigenvalue weighted by Crippen LogP contribution is 2.36. The third-order valence-corrected chi connectivity index (χ3v) is 1.93. The first kappa shape index (κ1) is 5.21. The minimum atomic E-state index is 0.897. The second-order valence-corrected chi connectivity index (χ2v) is 2.80. The van der Waals surface area contributed by atoms with Crippen molar-refractivity contribution in [3.8, 4) is 0 Å². The van der Waals surface area contributed by atoms with Gasteiger partial charge in [0, 0.05) is 12.8 Å². The Balaban J connectivity index is 2.08. The van der Waals surface area contributed by atoms with Gasteiger partial charge in [0.1, 0.15) is 0 Å². The number of allylic oxidation sites excluding steroid dienone is 1. The fourth-order valence-electron chi connectivity index (χ4n) is 1.22. The Labute approximate surface area is 55.5 Å². The molecule has 0 N–H and O–H groups in total. The van der Waals surface area contributed by atoms with E-state index in [1.165, 1.54) is 24.8 Å². The molecule has 1 heterocycles. The minimum absolute atomic E-state index is 0.897. The average molecular weight is 121 g/mol. The van der Waals surface area contributed by atoms with Crippen molar-refractivity contribution in [2.24, 2.45) is 10.9 Å². The predicted molar refractivity (Wildman–Crippen MR) is 38.8 cm³/mol. The van der Waals surface area contributed by atoms with E-state index in [1.807, 2.05) is 0 Å². The van der Waals surface area contributed by atoms with E-state index in [1.54, 1.807) is 0 Å². The van der Waals surface area contributed by atoms with Crippen LogP contribution in [0.15, 0.2) is 16.6 Å². The largest absolute Gasteiger partial charge is 0.293 e. The number of hydrogen-bond donors (Lipinski definition) is 0. The first-order valence-corrected chi connectivity index (χ1v) is 3.67. The fourth-order valence-corrected chi connectivity index (χ4v) is 1.22. The summed E-state index contributed by atoms with van der Waals surface area (Å²) in [5.74, 6) is 0.897. The number of rotatable bonds is 1. The molecule has 1 saturated carbocycles. The lowest BCUT2D eigenvalue weighted by Gasteiger charge is -2.02. The Kier molecular flexibility index (Phi) is 1.15. The fraction of sp³-hybridized carbons (Fsp3) is 0.625. The van der Waals surface area contributed by atoms with Crippen LogP contribution in [0, 0.1) is 5.92 Å². The van der Waals surface area contributed by atoms with Crippen LogP contribution in [0.3, 0.4) is 0 Å². The van der Waals surface area contributed by atoms with Gasteiger partial charge in [-0.05, 0) is 30.8 Å². The first-order chi connectivity index (χ1) is 4.47. The van der Waals surface area contributed by atoms with Gasteiger partial charge >= 0.3 is 0 Å². The summed E-state index contributed by atoms with van der Waals surface area (Å²) in [6.45, 7) is 1.01. The van der Waals surface area contributed by atoms with Crippen molar-refractivity contribution in [1.29, 1.82) is 0 Å². The molecule has 0 aromatic carbocycles. The van der Waals surface area contributed by atoms with Crippen molar-refractivity contribution in [2.75, 3.05) is 6.54 Å². The van der Waals surface area contributed by atoms with Gasteiger partial charge in [-0.25, -0.2) is 0 Å². The zero-order chi connectivity index (χ0) is 6.10. The van der Waals surface area contributed by atoms with Crippen LogP contribution in [0.2, 0.25) is 0 Å². The molecule has 1 fully saturated rings. The molecule has 0 unspecified atom stereocenters. The van der Waals surface area contributed by atoms with Crippen LogP contribution in [0.5, 0.6) is 0 Å². The number of hydrogen-bond acceptors (Lipinski definition) is 1. The van der Waals surface area contributed by atoms with Gasteiger partial charge in [-0.1, -0.05) is 6.08 Å². The summed E-state index contributed by atoms with van der Waals surface area (Å²) in [6, 6.07) is 0. The highest BCUT2D eigenvalue weighted by Gasteiger charge is 2.24. The second-order valence-electron chi connectivity index (χ2n) is 2.80. The normalized spacial score (nSPS) is 26.0. The molecule has 0 aromatic heterocycles. The maximum atomic E-state index is 4.23. The van der Waals surface area contributed by atoms with Crippen LogP contribution in [-0.2, 0) is 0 Å². The van der Waals surface area contributed by atoms with Gasteiger partial charge in [0.2, 0.25) is 0 Å². The topological polar surface area (TPSA) is 12.4 Å². The Morgan fingerprint density at radius 3 is 2.89 bits per heavy atom. The highest BCUT2D eigenvalue weighted by atomic mass is 14.7. The standard InChI is InChI=1S/C8H11N/c1-2-8(6-9-5-1)7-3-4-7/h2,6-7H,1,3-5H2. The van der Waals surface area contributed by atoms with E-state index in [4.69, 9.17) is 0 Å². The molecule has 0 atom stereocenters. The molecule has 0 spiro atoms.